The van der Waals surface area contributed by atoms with Gasteiger partial charge in [0.15, 0.2) is 0 Å². The number of amides is 2. The lowest BCUT2D eigenvalue weighted by Gasteiger charge is -2.44. The number of piperidine rings is 1. The minimum atomic E-state index is -0.156. The third-order valence-corrected chi connectivity index (χ3v) is 7.04. The number of nitrogens with zero attached hydrogens (tertiary/aromatic N) is 4. The van der Waals surface area contributed by atoms with Crippen molar-refractivity contribution in [1.82, 2.24) is 25.2 Å². The van der Waals surface area contributed by atoms with Crippen LogP contribution in [-0.4, -0.2) is 69.4 Å². The summed E-state index contributed by atoms with van der Waals surface area (Å²) in [5, 5.41) is 7.21. The van der Waals surface area contributed by atoms with Crippen LogP contribution in [0.1, 0.15) is 42.9 Å². The van der Waals surface area contributed by atoms with Gasteiger partial charge < -0.3 is 25.4 Å². The average molecular weight is 480 g/mol. The van der Waals surface area contributed by atoms with Gasteiger partial charge in [0.05, 0.1) is 23.6 Å². The first-order valence-corrected chi connectivity index (χ1v) is 12.4. The van der Waals surface area contributed by atoms with E-state index in [2.05, 4.69) is 39.3 Å². The minimum absolute atomic E-state index is 0. The van der Waals surface area contributed by atoms with Crippen LogP contribution in [0.2, 0.25) is 0 Å². The molecule has 3 atom stereocenters. The molecule has 0 radical (unpaired) electrons. The number of fused-ring (bicyclic) bond motifs is 1. The van der Waals surface area contributed by atoms with Crippen molar-refractivity contribution in [1.29, 1.82) is 0 Å². The summed E-state index contributed by atoms with van der Waals surface area (Å²) in [6, 6.07) is 8.05. The van der Waals surface area contributed by atoms with Crippen molar-refractivity contribution in [2.45, 2.75) is 58.2 Å². The summed E-state index contributed by atoms with van der Waals surface area (Å²) in [4.78, 5) is 41.6. The first-order chi connectivity index (χ1) is 16.9. The van der Waals surface area contributed by atoms with Gasteiger partial charge in [-0.3, -0.25) is 9.59 Å². The van der Waals surface area contributed by atoms with Crippen molar-refractivity contribution in [3.05, 3.63) is 36.7 Å². The first-order valence-electron chi connectivity index (χ1n) is 12.4. The number of hydrogen-bond acceptors (Lipinski definition) is 6. The maximum Gasteiger partial charge on any atom is 0.241 e. The third kappa shape index (κ3) is 4.73. The molecule has 35 heavy (non-hydrogen) atoms. The molecule has 3 aromatic heterocycles. The van der Waals surface area contributed by atoms with Crippen LogP contribution in [0, 0.1) is 0 Å². The second kappa shape index (κ2) is 9.65. The zero-order valence-corrected chi connectivity index (χ0v) is 20.5. The molecule has 2 fully saturated rings. The lowest BCUT2D eigenvalue weighted by molar-refractivity contribution is -0.133. The van der Waals surface area contributed by atoms with E-state index in [1.807, 2.05) is 35.4 Å². The average Bonchev–Trinajstić information content (AvgIpc) is 3.27. The zero-order chi connectivity index (χ0) is 24.5. The molecule has 5 rings (SSSR count). The third-order valence-electron chi connectivity index (χ3n) is 7.04. The van der Waals surface area contributed by atoms with Gasteiger partial charge in [0.2, 0.25) is 11.8 Å². The Labute approximate surface area is 208 Å². The van der Waals surface area contributed by atoms with Crippen molar-refractivity contribution >= 4 is 34.4 Å². The summed E-state index contributed by atoms with van der Waals surface area (Å²) in [5.74, 6) is 0.982. The van der Waals surface area contributed by atoms with E-state index in [-0.39, 0.29) is 32.8 Å². The van der Waals surface area contributed by atoms with Gasteiger partial charge >= 0.3 is 0 Å². The molecule has 0 spiro atoms. The fraction of sp³-hybridized carbons (Fsp3) is 0.462. The van der Waals surface area contributed by atoms with Crippen molar-refractivity contribution < 1.29 is 12.4 Å². The molecule has 9 nitrogen and oxygen atoms in total. The number of hydrogen-bond donors (Lipinski definition) is 3. The molecule has 0 saturated carbocycles. The topological polar surface area (TPSA) is 106 Å². The molecule has 3 N–H and O–H groups in total. The van der Waals surface area contributed by atoms with Gasteiger partial charge in [-0.15, -0.1) is 0 Å². The quantitative estimate of drug-likeness (QED) is 0.528. The van der Waals surface area contributed by atoms with Gasteiger partial charge in [0.25, 0.3) is 0 Å². The van der Waals surface area contributed by atoms with E-state index in [9.17, 15) is 9.59 Å². The monoisotopic (exact) mass is 479 g/mol. The molecule has 3 aromatic rings. The first kappa shape index (κ1) is 23.3. The Morgan fingerprint density at radius 1 is 1.17 bits per heavy atom. The Kier molecular flexibility index (Phi) is 6.42. The van der Waals surface area contributed by atoms with Gasteiger partial charge in [-0.05, 0) is 51.4 Å². The number of H-pyrrole nitrogens is 1. The van der Waals surface area contributed by atoms with Crippen molar-refractivity contribution in [3.63, 3.8) is 0 Å². The highest BCUT2D eigenvalue weighted by Crippen LogP contribution is 2.30. The Hall–Kier alpha value is -3.46. The normalized spacial score (nSPS) is 22.9. The largest absolute Gasteiger partial charge is 0.352 e. The van der Waals surface area contributed by atoms with Crippen molar-refractivity contribution in [3.8, 4) is 11.3 Å². The number of carbonyl (C=O) groups is 2. The highest BCUT2D eigenvalue weighted by Gasteiger charge is 2.31. The summed E-state index contributed by atoms with van der Waals surface area (Å²) >= 11 is 0. The Morgan fingerprint density at radius 3 is 2.69 bits per heavy atom. The van der Waals surface area contributed by atoms with E-state index in [4.69, 9.17) is 4.98 Å². The fourth-order valence-electron chi connectivity index (χ4n) is 5.47. The second-order valence-electron chi connectivity index (χ2n) is 9.72. The van der Waals surface area contributed by atoms with Crippen LogP contribution in [0.15, 0.2) is 36.7 Å². The van der Waals surface area contributed by atoms with E-state index >= 15 is 0 Å². The predicted molar refractivity (Wildman–Crippen MR) is 141 cm³/mol. The molecule has 2 aliphatic rings. The molecule has 0 unspecified atom stereocenters. The number of aromatic amines is 1. The van der Waals surface area contributed by atoms with Crippen LogP contribution in [0.25, 0.3) is 22.3 Å². The SMILES string of the molecule is CC(=O)N1[C@H](C)CN(c2cccc(-c3c[nH]c4ncc(NC(=O)[C@@H]5CCCCN5)cc34)n2)C[C@@H]1C.[HH].[HH]. The van der Waals surface area contributed by atoms with Gasteiger partial charge in [0.1, 0.15) is 11.5 Å². The number of aromatic nitrogens is 3. The van der Waals surface area contributed by atoms with Crippen LogP contribution in [-0.2, 0) is 9.59 Å². The van der Waals surface area contributed by atoms with Crippen LogP contribution in [0.3, 0.4) is 0 Å². The summed E-state index contributed by atoms with van der Waals surface area (Å²) in [5.41, 5.74) is 3.19. The molecule has 2 amide bonds. The number of piperazine rings is 1. The molecule has 0 aromatic carbocycles. The van der Waals surface area contributed by atoms with Crippen molar-refractivity contribution in [2.75, 3.05) is 29.9 Å². The Bertz CT molecular complexity index is 1230. The highest BCUT2D eigenvalue weighted by atomic mass is 16.2. The summed E-state index contributed by atoms with van der Waals surface area (Å²) in [6.07, 6.45) is 6.63. The zero-order valence-electron chi connectivity index (χ0n) is 20.5. The lowest BCUT2D eigenvalue weighted by Crippen LogP contribution is -2.58. The lowest BCUT2D eigenvalue weighted by atomic mass is 10.0. The van der Waals surface area contributed by atoms with Gasteiger partial charge in [-0.1, -0.05) is 12.5 Å². The maximum absolute atomic E-state index is 12.7. The van der Waals surface area contributed by atoms with Gasteiger partial charge in [-0.25, -0.2) is 9.97 Å². The van der Waals surface area contributed by atoms with E-state index in [1.54, 1.807) is 13.1 Å². The van der Waals surface area contributed by atoms with Gasteiger partial charge in [-0.2, -0.15) is 0 Å². The van der Waals surface area contributed by atoms with Crippen LogP contribution in [0.5, 0.6) is 0 Å². The molecule has 188 valence electrons. The Balaban J connectivity index is 0.00000190. The minimum Gasteiger partial charge on any atom is -0.352 e. The van der Waals surface area contributed by atoms with E-state index in [0.717, 1.165) is 67.0 Å². The number of nitrogens with one attached hydrogen (secondary N) is 3. The standard InChI is InChI=1S/C26H33N7O2.2H2/c1-16-14-32(15-17(2)33(16)18(3)34)24-9-6-8-22(31-24)21-13-29-25-20(21)11-19(12-28-25)30-26(35)23-7-4-5-10-27-23;;/h6,8-9,11-13,16-17,23,27H,4-5,7,10,14-15H2,1-3H3,(H,28,29)(H,30,35);2*1H/t16-,17+,23-;;/m0../s1. The summed E-state index contributed by atoms with van der Waals surface area (Å²) in [7, 11) is 0. The maximum atomic E-state index is 12.7. The van der Waals surface area contributed by atoms with Crippen LogP contribution >= 0.6 is 0 Å². The number of carbonyl (C=O) groups excluding carboxylic acids is 2. The number of rotatable bonds is 4. The fourth-order valence-corrected chi connectivity index (χ4v) is 5.47. The van der Waals surface area contributed by atoms with Crippen LogP contribution < -0.4 is 15.5 Å². The molecule has 2 aliphatic heterocycles. The highest BCUT2D eigenvalue weighted by molar-refractivity contribution is 5.99. The molecule has 9 heteroatoms. The Morgan fingerprint density at radius 2 is 1.97 bits per heavy atom. The van der Waals surface area contributed by atoms with Crippen molar-refractivity contribution in [2.24, 2.45) is 0 Å². The van der Waals surface area contributed by atoms with E-state index in [0.29, 0.717) is 5.69 Å². The van der Waals surface area contributed by atoms with E-state index < -0.39 is 0 Å². The second-order valence-corrected chi connectivity index (χ2v) is 9.72. The predicted octanol–water partition coefficient (Wildman–Crippen LogP) is 3.64. The molecule has 0 bridgehead atoms. The molecular formula is C26H37N7O2. The summed E-state index contributed by atoms with van der Waals surface area (Å²) in [6.45, 7) is 8.15. The molecule has 2 saturated heterocycles. The molecule has 0 aliphatic carbocycles. The van der Waals surface area contributed by atoms with Crippen LogP contribution in [0.4, 0.5) is 11.5 Å². The van der Waals surface area contributed by atoms with Gasteiger partial charge in [0, 0.05) is 52.1 Å². The number of anilines is 2. The van der Waals surface area contributed by atoms with E-state index in [1.165, 1.54) is 0 Å². The molecular weight excluding hydrogens is 442 g/mol. The smallest absolute Gasteiger partial charge is 0.241 e. The number of pyridine rings is 2. The summed E-state index contributed by atoms with van der Waals surface area (Å²) < 4.78 is 0. The molecule has 5 heterocycles.